The highest BCUT2D eigenvalue weighted by molar-refractivity contribution is 7.10. The van der Waals surface area contributed by atoms with Crippen LogP contribution in [0.1, 0.15) is 53.2 Å². The van der Waals surface area contributed by atoms with Crippen molar-refractivity contribution >= 4 is 23.2 Å². The van der Waals surface area contributed by atoms with E-state index >= 15 is 0 Å². The van der Waals surface area contributed by atoms with Crippen molar-refractivity contribution in [2.75, 3.05) is 19.9 Å². The SMILES string of the molecule is CC(C)(C)N(CC(=O)N1CCc2sccc2C1c1ccc(F)cc1)C(=O)c1ccc2c(c1)OCO2. The van der Waals surface area contributed by atoms with E-state index in [0.29, 0.717) is 23.6 Å². The Balaban J connectivity index is 1.44. The summed E-state index contributed by atoms with van der Waals surface area (Å²) in [6, 6.07) is 13.1. The molecule has 2 aromatic carbocycles. The highest BCUT2D eigenvalue weighted by atomic mass is 32.1. The molecule has 6 nitrogen and oxygen atoms in total. The quantitative estimate of drug-likeness (QED) is 0.511. The molecule has 3 aromatic rings. The van der Waals surface area contributed by atoms with Gasteiger partial charge < -0.3 is 19.3 Å². The van der Waals surface area contributed by atoms with E-state index in [0.717, 1.165) is 17.5 Å². The Morgan fingerprint density at radius 3 is 2.57 bits per heavy atom. The number of carbonyl (C=O) groups is 2. The highest BCUT2D eigenvalue weighted by Gasteiger charge is 2.36. The fourth-order valence-electron chi connectivity index (χ4n) is 4.61. The maximum atomic E-state index is 13.8. The highest BCUT2D eigenvalue weighted by Crippen LogP contribution is 2.38. The fourth-order valence-corrected chi connectivity index (χ4v) is 5.52. The molecule has 35 heavy (non-hydrogen) atoms. The lowest BCUT2D eigenvalue weighted by molar-refractivity contribution is -0.135. The summed E-state index contributed by atoms with van der Waals surface area (Å²) in [6.07, 6.45) is 0.752. The summed E-state index contributed by atoms with van der Waals surface area (Å²) in [4.78, 5) is 32.0. The van der Waals surface area contributed by atoms with Gasteiger partial charge in [-0.15, -0.1) is 11.3 Å². The van der Waals surface area contributed by atoms with Crippen LogP contribution in [0.5, 0.6) is 11.5 Å². The Morgan fingerprint density at radius 2 is 1.83 bits per heavy atom. The van der Waals surface area contributed by atoms with Gasteiger partial charge in [-0.2, -0.15) is 0 Å². The number of hydrogen-bond donors (Lipinski definition) is 0. The number of nitrogens with zero attached hydrogens (tertiary/aromatic N) is 2. The van der Waals surface area contributed by atoms with Gasteiger partial charge >= 0.3 is 0 Å². The molecule has 1 unspecified atom stereocenters. The minimum absolute atomic E-state index is 0.0755. The zero-order valence-electron chi connectivity index (χ0n) is 19.9. The normalized spacial score (nSPS) is 16.7. The standard InChI is InChI=1S/C27H27FN2O4S/c1-27(2,3)30(26(32)18-6-9-21-22(14-18)34-16-33-21)15-24(31)29-12-10-23-20(11-13-35-23)25(29)17-4-7-19(28)8-5-17/h4-9,11,13-14,25H,10,12,15-16H2,1-3H3. The smallest absolute Gasteiger partial charge is 0.254 e. The Bertz CT molecular complexity index is 1260. The maximum Gasteiger partial charge on any atom is 0.254 e. The molecular weight excluding hydrogens is 467 g/mol. The maximum absolute atomic E-state index is 13.8. The van der Waals surface area contributed by atoms with Crippen LogP contribution in [-0.2, 0) is 11.2 Å². The zero-order chi connectivity index (χ0) is 24.7. The molecule has 182 valence electrons. The number of thiophene rings is 1. The molecule has 0 saturated carbocycles. The van der Waals surface area contributed by atoms with Crippen LogP contribution in [0.3, 0.4) is 0 Å². The molecule has 5 rings (SSSR count). The largest absolute Gasteiger partial charge is 0.454 e. The third kappa shape index (κ3) is 4.50. The lowest BCUT2D eigenvalue weighted by Gasteiger charge is -2.40. The molecule has 2 aliphatic rings. The molecule has 0 saturated heterocycles. The molecule has 3 heterocycles. The van der Waals surface area contributed by atoms with E-state index in [1.54, 1.807) is 46.6 Å². The molecule has 1 aromatic heterocycles. The fraction of sp³-hybridized carbons (Fsp3) is 0.333. The van der Waals surface area contributed by atoms with Crippen molar-refractivity contribution in [2.24, 2.45) is 0 Å². The van der Waals surface area contributed by atoms with Crippen LogP contribution in [0.2, 0.25) is 0 Å². The van der Waals surface area contributed by atoms with Gasteiger partial charge in [0.15, 0.2) is 11.5 Å². The van der Waals surface area contributed by atoms with Gasteiger partial charge in [-0.05, 0) is 80.1 Å². The number of benzene rings is 2. The van der Waals surface area contributed by atoms with Crippen LogP contribution in [0.4, 0.5) is 4.39 Å². The van der Waals surface area contributed by atoms with E-state index in [9.17, 15) is 14.0 Å². The van der Waals surface area contributed by atoms with Crippen LogP contribution in [0.15, 0.2) is 53.9 Å². The van der Waals surface area contributed by atoms with Gasteiger partial charge in [0.25, 0.3) is 5.91 Å². The molecule has 0 bridgehead atoms. The average Bonchev–Trinajstić information content (AvgIpc) is 3.50. The lowest BCUT2D eigenvalue weighted by atomic mass is 9.93. The van der Waals surface area contributed by atoms with E-state index < -0.39 is 5.54 Å². The zero-order valence-corrected chi connectivity index (χ0v) is 20.7. The van der Waals surface area contributed by atoms with E-state index in [1.807, 2.05) is 37.1 Å². The van der Waals surface area contributed by atoms with Gasteiger partial charge in [-0.3, -0.25) is 9.59 Å². The molecular formula is C27H27FN2O4S. The van der Waals surface area contributed by atoms with E-state index in [4.69, 9.17) is 9.47 Å². The second kappa shape index (κ2) is 9.00. The van der Waals surface area contributed by atoms with E-state index in [2.05, 4.69) is 0 Å². The van der Waals surface area contributed by atoms with Gasteiger partial charge in [0.05, 0.1) is 6.04 Å². The Morgan fingerprint density at radius 1 is 1.09 bits per heavy atom. The van der Waals surface area contributed by atoms with Gasteiger partial charge in [-0.1, -0.05) is 12.1 Å². The summed E-state index contributed by atoms with van der Waals surface area (Å²) in [6.45, 7) is 6.32. The van der Waals surface area contributed by atoms with Crippen LogP contribution in [0, 0.1) is 5.82 Å². The predicted octanol–water partition coefficient (Wildman–Crippen LogP) is 5.03. The van der Waals surface area contributed by atoms with Crippen LogP contribution in [0.25, 0.3) is 0 Å². The molecule has 1 atom stereocenters. The van der Waals surface area contributed by atoms with Crippen molar-refractivity contribution in [2.45, 2.75) is 38.8 Å². The summed E-state index contributed by atoms with van der Waals surface area (Å²) in [7, 11) is 0. The van der Waals surface area contributed by atoms with Gasteiger partial charge in [0.1, 0.15) is 12.4 Å². The summed E-state index contributed by atoms with van der Waals surface area (Å²) in [5, 5.41) is 2.03. The van der Waals surface area contributed by atoms with Gasteiger partial charge in [-0.25, -0.2) is 4.39 Å². The number of hydrogen-bond acceptors (Lipinski definition) is 5. The first-order valence-corrected chi connectivity index (χ1v) is 12.4. The molecule has 0 radical (unpaired) electrons. The van der Waals surface area contributed by atoms with Crippen LogP contribution < -0.4 is 9.47 Å². The Kier molecular flexibility index (Phi) is 6.01. The van der Waals surface area contributed by atoms with Crippen molar-refractivity contribution in [3.8, 4) is 11.5 Å². The summed E-state index contributed by atoms with van der Waals surface area (Å²) in [5.74, 6) is 0.396. The van der Waals surface area contributed by atoms with Crippen LogP contribution in [-0.4, -0.2) is 47.0 Å². The summed E-state index contributed by atoms with van der Waals surface area (Å²) >= 11 is 1.67. The van der Waals surface area contributed by atoms with Crippen molar-refractivity contribution in [3.05, 3.63) is 81.3 Å². The van der Waals surface area contributed by atoms with E-state index in [1.165, 1.54) is 17.0 Å². The van der Waals surface area contributed by atoms with Crippen molar-refractivity contribution in [3.63, 3.8) is 0 Å². The second-order valence-electron chi connectivity index (χ2n) is 9.72. The van der Waals surface area contributed by atoms with Gasteiger partial charge in [0, 0.05) is 22.5 Å². The minimum atomic E-state index is -0.599. The lowest BCUT2D eigenvalue weighted by Crippen LogP contribution is -2.52. The monoisotopic (exact) mass is 494 g/mol. The van der Waals surface area contributed by atoms with Gasteiger partial charge in [0.2, 0.25) is 12.7 Å². The molecule has 2 aliphatic heterocycles. The number of carbonyl (C=O) groups excluding carboxylic acids is 2. The molecule has 8 heteroatoms. The van der Waals surface area contributed by atoms with Crippen molar-refractivity contribution in [1.29, 1.82) is 0 Å². The number of rotatable bonds is 4. The number of ether oxygens (including phenoxy) is 2. The Hall–Kier alpha value is -3.39. The van der Waals surface area contributed by atoms with Crippen molar-refractivity contribution < 1.29 is 23.5 Å². The first-order valence-electron chi connectivity index (χ1n) is 11.5. The number of halogens is 1. The number of fused-ring (bicyclic) bond motifs is 2. The number of amides is 2. The average molecular weight is 495 g/mol. The molecule has 0 N–H and O–H groups in total. The molecule has 2 amide bonds. The molecule has 0 spiro atoms. The summed E-state index contributed by atoms with van der Waals surface area (Å²) in [5.41, 5.74) is 1.75. The molecule has 0 aliphatic carbocycles. The first kappa shape index (κ1) is 23.4. The van der Waals surface area contributed by atoms with Crippen molar-refractivity contribution in [1.82, 2.24) is 9.80 Å². The first-order chi connectivity index (χ1) is 16.7. The third-order valence-electron chi connectivity index (χ3n) is 6.44. The minimum Gasteiger partial charge on any atom is -0.454 e. The van der Waals surface area contributed by atoms with Crippen LogP contribution >= 0.6 is 11.3 Å². The second-order valence-corrected chi connectivity index (χ2v) is 10.7. The Labute approximate surface area is 207 Å². The molecule has 0 fully saturated rings. The topological polar surface area (TPSA) is 59.1 Å². The predicted molar refractivity (Wildman–Crippen MR) is 131 cm³/mol. The van der Waals surface area contributed by atoms with E-state index in [-0.39, 0.29) is 37.0 Å². The third-order valence-corrected chi connectivity index (χ3v) is 7.44. The summed E-state index contributed by atoms with van der Waals surface area (Å²) < 4.78 is 24.4.